The number of fused-ring (bicyclic) bond motifs is 2. The predicted molar refractivity (Wildman–Crippen MR) is 66.0 cm³/mol. The van der Waals surface area contributed by atoms with Crippen molar-refractivity contribution in [1.82, 2.24) is 4.90 Å². The SMILES string of the molecule is CC1CC(=O)N(C2C3CCC(C3)C2C(=O)O)C(=O)C1. The minimum atomic E-state index is -0.851. The molecule has 2 aliphatic carbocycles. The first-order valence-corrected chi connectivity index (χ1v) is 7.06. The monoisotopic (exact) mass is 265 g/mol. The lowest BCUT2D eigenvalue weighted by Crippen LogP contribution is -2.55. The Kier molecular flexibility index (Phi) is 2.87. The molecule has 3 rings (SSSR count). The zero-order valence-electron chi connectivity index (χ0n) is 11.0. The number of rotatable bonds is 2. The lowest BCUT2D eigenvalue weighted by Gasteiger charge is -2.39. The second-order valence-corrected chi connectivity index (χ2v) is 6.36. The van der Waals surface area contributed by atoms with E-state index in [1.807, 2.05) is 6.92 Å². The number of carbonyl (C=O) groups excluding carboxylic acids is 2. The van der Waals surface area contributed by atoms with Crippen LogP contribution in [-0.4, -0.2) is 33.8 Å². The Balaban J connectivity index is 1.90. The van der Waals surface area contributed by atoms with Crippen molar-refractivity contribution in [1.29, 1.82) is 0 Å². The summed E-state index contributed by atoms with van der Waals surface area (Å²) in [5, 5.41) is 9.41. The topological polar surface area (TPSA) is 74.7 Å². The molecule has 3 aliphatic rings. The molecule has 0 radical (unpaired) electrons. The maximum Gasteiger partial charge on any atom is 0.308 e. The van der Waals surface area contributed by atoms with Crippen molar-refractivity contribution in [2.45, 2.75) is 45.1 Å². The highest BCUT2D eigenvalue weighted by Crippen LogP contribution is 2.51. The number of amides is 2. The summed E-state index contributed by atoms with van der Waals surface area (Å²) >= 11 is 0. The van der Waals surface area contributed by atoms with E-state index in [2.05, 4.69) is 0 Å². The van der Waals surface area contributed by atoms with Crippen LogP contribution in [0.2, 0.25) is 0 Å². The van der Waals surface area contributed by atoms with E-state index in [0.717, 1.165) is 19.3 Å². The van der Waals surface area contributed by atoms with Crippen molar-refractivity contribution < 1.29 is 19.5 Å². The third-order valence-electron chi connectivity index (χ3n) is 5.04. The molecule has 0 aromatic carbocycles. The summed E-state index contributed by atoms with van der Waals surface area (Å²) in [7, 11) is 0. The van der Waals surface area contributed by atoms with Crippen LogP contribution >= 0.6 is 0 Å². The first kappa shape index (κ1) is 12.6. The number of carbonyl (C=O) groups is 3. The van der Waals surface area contributed by atoms with E-state index in [1.54, 1.807) is 0 Å². The van der Waals surface area contributed by atoms with Crippen molar-refractivity contribution in [3.63, 3.8) is 0 Å². The van der Waals surface area contributed by atoms with E-state index < -0.39 is 11.9 Å². The lowest BCUT2D eigenvalue weighted by molar-refractivity contribution is -0.159. The Hall–Kier alpha value is -1.39. The molecule has 3 fully saturated rings. The molecule has 4 unspecified atom stereocenters. The van der Waals surface area contributed by atoms with Gasteiger partial charge in [0.1, 0.15) is 0 Å². The van der Waals surface area contributed by atoms with Gasteiger partial charge in [0.2, 0.25) is 11.8 Å². The van der Waals surface area contributed by atoms with Gasteiger partial charge in [-0.05, 0) is 37.0 Å². The van der Waals surface area contributed by atoms with Crippen LogP contribution in [0.15, 0.2) is 0 Å². The molecule has 0 spiro atoms. The van der Waals surface area contributed by atoms with E-state index in [1.165, 1.54) is 4.90 Å². The predicted octanol–water partition coefficient (Wildman–Crippen LogP) is 1.27. The fourth-order valence-corrected chi connectivity index (χ4v) is 4.32. The van der Waals surface area contributed by atoms with Gasteiger partial charge < -0.3 is 5.11 Å². The minimum Gasteiger partial charge on any atom is -0.481 e. The molecule has 0 aromatic heterocycles. The summed E-state index contributed by atoms with van der Waals surface area (Å²) in [5.41, 5.74) is 0. The average molecular weight is 265 g/mol. The van der Waals surface area contributed by atoms with Crippen LogP contribution < -0.4 is 0 Å². The van der Waals surface area contributed by atoms with Crippen molar-refractivity contribution in [2.24, 2.45) is 23.7 Å². The van der Waals surface area contributed by atoms with Crippen LogP contribution in [0.1, 0.15) is 39.0 Å². The maximum atomic E-state index is 12.2. The fourth-order valence-electron chi connectivity index (χ4n) is 4.32. The lowest BCUT2D eigenvalue weighted by atomic mass is 9.82. The average Bonchev–Trinajstić information content (AvgIpc) is 2.87. The highest BCUT2D eigenvalue weighted by atomic mass is 16.4. The first-order valence-electron chi connectivity index (χ1n) is 7.06. The number of imide groups is 1. The van der Waals surface area contributed by atoms with E-state index in [-0.39, 0.29) is 35.6 Å². The van der Waals surface area contributed by atoms with Crippen LogP contribution in [0.25, 0.3) is 0 Å². The van der Waals surface area contributed by atoms with Gasteiger partial charge in [-0.2, -0.15) is 0 Å². The van der Waals surface area contributed by atoms with Crippen molar-refractivity contribution in [3.8, 4) is 0 Å². The molecule has 2 saturated carbocycles. The standard InChI is InChI=1S/C14H19NO4/c1-7-4-10(16)15(11(17)5-7)13-9-3-2-8(6-9)12(13)14(18)19/h7-9,12-13H,2-6H2,1H3,(H,18,19). The molecule has 1 aliphatic heterocycles. The number of likely N-dealkylation sites (tertiary alicyclic amines) is 1. The van der Waals surface area contributed by atoms with Gasteiger partial charge in [-0.3, -0.25) is 19.3 Å². The number of hydrogen-bond acceptors (Lipinski definition) is 3. The molecule has 5 heteroatoms. The molecule has 1 N–H and O–H groups in total. The normalized spacial score (nSPS) is 39.1. The molecular formula is C14H19NO4. The van der Waals surface area contributed by atoms with E-state index in [9.17, 15) is 19.5 Å². The zero-order valence-corrected chi connectivity index (χ0v) is 11.0. The number of piperidine rings is 1. The van der Waals surface area contributed by atoms with Gasteiger partial charge in [-0.25, -0.2) is 0 Å². The van der Waals surface area contributed by atoms with Crippen molar-refractivity contribution in [3.05, 3.63) is 0 Å². The van der Waals surface area contributed by atoms with Crippen LogP contribution in [0.5, 0.6) is 0 Å². The first-order chi connectivity index (χ1) is 8.99. The van der Waals surface area contributed by atoms with Gasteiger partial charge in [-0.15, -0.1) is 0 Å². The highest BCUT2D eigenvalue weighted by Gasteiger charge is 2.56. The second kappa shape index (κ2) is 4.32. The summed E-state index contributed by atoms with van der Waals surface area (Å²) in [5.74, 6) is -1.31. The number of carboxylic acids is 1. The van der Waals surface area contributed by atoms with Crippen LogP contribution in [0, 0.1) is 23.7 Å². The van der Waals surface area contributed by atoms with E-state index in [0.29, 0.717) is 12.8 Å². The molecule has 1 heterocycles. The van der Waals surface area contributed by atoms with E-state index >= 15 is 0 Å². The Morgan fingerprint density at radius 3 is 2.32 bits per heavy atom. The Morgan fingerprint density at radius 1 is 1.16 bits per heavy atom. The van der Waals surface area contributed by atoms with Gasteiger partial charge in [0.05, 0.1) is 12.0 Å². The van der Waals surface area contributed by atoms with Crippen LogP contribution in [-0.2, 0) is 14.4 Å². The van der Waals surface area contributed by atoms with Gasteiger partial charge in [0, 0.05) is 12.8 Å². The summed E-state index contributed by atoms with van der Waals surface area (Å²) in [4.78, 5) is 37.1. The summed E-state index contributed by atoms with van der Waals surface area (Å²) in [6, 6.07) is -0.385. The molecule has 2 bridgehead atoms. The Labute approximate surface area is 112 Å². The molecule has 2 amide bonds. The van der Waals surface area contributed by atoms with Gasteiger partial charge in [0.25, 0.3) is 0 Å². The maximum absolute atomic E-state index is 12.2. The Bertz CT molecular complexity index is 429. The molecule has 5 nitrogen and oxygen atoms in total. The molecule has 4 atom stereocenters. The van der Waals surface area contributed by atoms with Gasteiger partial charge in [0.15, 0.2) is 0 Å². The van der Waals surface area contributed by atoms with Crippen molar-refractivity contribution in [2.75, 3.05) is 0 Å². The summed E-state index contributed by atoms with van der Waals surface area (Å²) in [6.07, 6.45) is 3.46. The minimum absolute atomic E-state index is 0.0816. The zero-order chi connectivity index (χ0) is 13.7. The van der Waals surface area contributed by atoms with Gasteiger partial charge in [-0.1, -0.05) is 6.92 Å². The van der Waals surface area contributed by atoms with E-state index in [4.69, 9.17) is 0 Å². The molecule has 104 valence electrons. The van der Waals surface area contributed by atoms with Gasteiger partial charge >= 0.3 is 5.97 Å². The number of hydrogen-bond donors (Lipinski definition) is 1. The van der Waals surface area contributed by atoms with Crippen LogP contribution in [0.3, 0.4) is 0 Å². The summed E-state index contributed by atoms with van der Waals surface area (Å²) < 4.78 is 0. The largest absolute Gasteiger partial charge is 0.481 e. The van der Waals surface area contributed by atoms with Crippen LogP contribution in [0.4, 0.5) is 0 Å². The summed E-state index contributed by atoms with van der Waals surface area (Å²) in [6.45, 7) is 1.89. The molecule has 19 heavy (non-hydrogen) atoms. The number of nitrogens with zero attached hydrogens (tertiary/aromatic N) is 1. The molecule has 0 aromatic rings. The Morgan fingerprint density at radius 2 is 1.74 bits per heavy atom. The third-order valence-corrected chi connectivity index (χ3v) is 5.04. The molecular weight excluding hydrogens is 246 g/mol. The smallest absolute Gasteiger partial charge is 0.308 e. The number of aliphatic carboxylic acids is 1. The molecule has 1 saturated heterocycles. The fraction of sp³-hybridized carbons (Fsp3) is 0.786. The van der Waals surface area contributed by atoms with Crippen molar-refractivity contribution >= 4 is 17.8 Å². The number of carboxylic acid groups (broad SMARTS) is 1. The third kappa shape index (κ3) is 1.86. The second-order valence-electron chi connectivity index (χ2n) is 6.36. The quantitative estimate of drug-likeness (QED) is 0.763. The highest BCUT2D eigenvalue weighted by molar-refractivity contribution is 5.99.